The van der Waals surface area contributed by atoms with E-state index in [1.807, 2.05) is 40.7 Å². The molecule has 0 radical (unpaired) electrons. The van der Waals surface area contributed by atoms with Crippen LogP contribution in [0.2, 0.25) is 0 Å². The molecule has 152 valence electrons. The van der Waals surface area contributed by atoms with E-state index in [0.717, 1.165) is 0 Å². The predicted octanol–water partition coefficient (Wildman–Crippen LogP) is 2.03. The number of aryl methyl sites for hydroxylation is 1. The Hall–Kier alpha value is -2.50. The van der Waals surface area contributed by atoms with E-state index in [4.69, 9.17) is 0 Å². The molecular weight excluding hydrogens is 342 g/mol. The van der Waals surface area contributed by atoms with Gasteiger partial charge in [-0.1, -0.05) is 45.9 Å². The maximum Gasteiger partial charge on any atom is 0.262 e. The van der Waals surface area contributed by atoms with Crippen molar-refractivity contribution in [2.24, 2.45) is 0 Å². The summed E-state index contributed by atoms with van der Waals surface area (Å²) in [5.41, 5.74) is -0.280. The standard InChI is InChI=1S/C17H23N3O3.2C2H6/c1-5-7-8-14-15(6-2)19-12(3)20(17(14)23)13(11-21)9-10-16(22)18-4;2*1-2/h5-8,11,13H,9-10H2,1-4H3,(H,18,22);2*1-2H3/b7-5-,14-8+,15-6+;;. The van der Waals surface area contributed by atoms with Gasteiger partial charge < -0.3 is 10.1 Å². The number of hydrogen-bond acceptors (Lipinski definition) is 4. The molecule has 0 bridgehead atoms. The lowest BCUT2D eigenvalue weighted by Crippen LogP contribution is -2.49. The number of carbonyl (C=O) groups is 2. The van der Waals surface area contributed by atoms with Gasteiger partial charge in [0.05, 0.1) is 16.6 Å². The van der Waals surface area contributed by atoms with E-state index in [0.29, 0.717) is 22.7 Å². The van der Waals surface area contributed by atoms with Crippen LogP contribution in [0, 0.1) is 6.92 Å². The van der Waals surface area contributed by atoms with Crippen LogP contribution in [0.1, 0.15) is 66.3 Å². The summed E-state index contributed by atoms with van der Waals surface area (Å²) in [7, 11) is 1.53. The molecule has 6 heteroatoms. The third-order valence-corrected chi connectivity index (χ3v) is 3.52. The van der Waals surface area contributed by atoms with E-state index in [-0.39, 0.29) is 24.3 Å². The molecule has 1 atom stereocenters. The van der Waals surface area contributed by atoms with Crippen molar-refractivity contribution in [2.75, 3.05) is 7.05 Å². The van der Waals surface area contributed by atoms with Crippen LogP contribution in [0.4, 0.5) is 0 Å². The van der Waals surface area contributed by atoms with Gasteiger partial charge in [-0.05, 0) is 33.3 Å². The third kappa shape index (κ3) is 8.15. The second-order valence-electron chi connectivity index (χ2n) is 5.03. The van der Waals surface area contributed by atoms with Crippen molar-refractivity contribution in [3.8, 4) is 0 Å². The van der Waals surface area contributed by atoms with Gasteiger partial charge in [0, 0.05) is 13.5 Å². The SMILES string of the molecule is CC.CC.C\C=C/C=c1/c(=O)n(C(C=O)CCC(=O)NC)c(C)n/c1=C/C. The van der Waals surface area contributed by atoms with E-state index in [9.17, 15) is 14.4 Å². The maximum absolute atomic E-state index is 12.8. The Morgan fingerprint density at radius 3 is 2.26 bits per heavy atom. The predicted molar refractivity (Wildman–Crippen MR) is 113 cm³/mol. The summed E-state index contributed by atoms with van der Waals surface area (Å²) in [4.78, 5) is 40.0. The Morgan fingerprint density at radius 2 is 1.81 bits per heavy atom. The van der Waals surface area contributed by atoms with Crippen molar-refractivity contribution >= 4 is 24.3 Å². The fraction of sp³-hybridized carbons (Fsp3) is 0.524. The molecule has 0 fully saturated rings. The number of rotatable bonds is 6. The average molecular weight is 378 g/mol. The normalized spacial score (nSPS) is 12.6. The molecular formula is C21H35N3O3. The highest BCUT2D eigenvalue weighted by molar-refractivity contribution is 5.76. The third-order valence-electron chi connectivity index (χ3n) is 3.52. The minimum Gasteiger partial charge on any atom is -0.359 e. The van der Waals surface area contributed by atoms with Gasteiger partial charge in [0.15, 0.2) is 0 Å². The second-order valence-corrected chi connectivity index (χ2v) is 5.03. The second kappa shape index (κ2) is 15.7. The van der Waals surface area contributed by atoms with Crippen molar-refractivity contribution in [3.05, 3.63) is 38.9 Å². The van der Waals surface area contributed by atoms with Gasteiger partial charge in [-0.15, -0.1) is 0 Å². The zero-order valence-electron chi connectivity index (χ0n) is 18.0. The summed E-state index contributed by atoms with van der Waals surface area (Å²) in [6, 6.07) is -0.712. The molecule has 1 amide bonds. The number of allylic oxidation sites excluding steroid dienone is 2. The smallest absolute Gasteiger partial charge is 0.262 e. The van der Waals surface area contributed by atoms with Crippen LogP contribution < -0.4 is 21.4 Å². The summed E-state index contributed by atoms with van der Waals surface area (Å²) >= 11 is 0. The molecule has 1 N–H and O–H groups in total. The van der Waals surface area contributed by atoms with E-state index in [2.05, 4.69) is 10.3 Å². The Bertz CT molecular complexity index is 777. The monoisotopic (exact) mass is 377 g/mol. The first-order valence-corrected chi connectivity index (χ1v) is 9.54. The van der Waals surface area contributed by atoms with E-state index < -0.39 is 6.04 Å². The highest BCUT2D eigenvalue weighted by Crippen LogP contribution is 2.09. The van der Waals surface area contributed by atoms with Gasteiger partial charge in [-0.3, -0.25) is 14.2 Å². The van der Waals surface area contributed by atoms with Gasteiger partial charge in [-0.2, -0.15) is 0 Å². The Kier molecular flexibility index (Phi) is 15.6. The maximum atomic E-state index is 12.8. The van der Waals surface area contributed by atoms with Crippen molar-refractivity contribution in [3.63, 3.8) is 0 Å². The topological polar surface area (TPSA) is 81.1 Å². The van der Waals surface area contributed by atoms with Gasteiger partial charge in [0.25, 0.3) is 5.56 Å². The van der Waals surface area contributed by atoms with E-state index in [1.54, 1.807) is 32.1 Å². The summed E-state index contributed by atoms with van der Waals surface area (Å²) in [5.74, 6) is 0.282. The number of aldehydes is 1. The van der Waals surface area contributed by atoms with Crippen LogP contribution in [0.15, 0.2) is 16.9 Å². The van der Waals surface area contributed by atoms with Crippen LogP contribution in [0.3, 0.4) is 0 Å². The summed E-state index contributed by atoms with van der Waals surface area (Å²) in [6.07, 6.45) is 8.12. The van der Waals surface area contributed by atoms with Gasteiger partial charge >= 0.3 is 0 Å². The summed E-state index contributed by atoms with van der Waals surface area (Å²) in [5, 5.41) is 3.52. The first kappa shape index (κ1) is 26.7. The number of nitrogens with one attached hydrogen (secondary N) is 1. The van der Waals surface area contributed by atoms with Gasteiger partial charge in [0.2, 0.25) is 5.91 Å². The molecule has 27 heavy (non-hydrogen) atoms. The molecule has 1 rings (SSSR count). The molecule has 0 aliphatic rings. The fourth-order valence-corrected chi connectivity index (χ4v) is 2.30. The van der Waals surface area contributed by atoms with Crippen LogP contribution in [-0.4, -0.2) is 28.8 Å². The van der Waals surface area contributed by atoms with Gasteiger partial charge in [-0.25, -0.2) is 4.98 Å². The van der Waals surface area contributed by atoms with Crippen molar-refractivity contribution in [1.29, 1.82) is 0 Å². The highest BCUT2D eigenvalue weighted by Gasteiger charge is 2.17. The molecule has 1 aromatic rings. The van der Waals surface area contributed by atoms with E-state index in [1.165, 1.54) is 11.6 Å². The minimum atomic E-state index is -0.712. The van der Waals surface area contributed by atoms with Crippen molar-refractivity contribution in [1.82, 2.24) is 14.9 Å². The van der Waals surface area contributed by atoms with Crippen LogP contribution in [-0.2, 0) is 9.59 Å². The largest absolute Gasteiger partial charge is 0.359 e. The zero-order chi connectivity index (χ0) is 21.4. The molecule has 6 nitrogen and oxygen atoms in total. The van der Waals surface area contributed by atoms with Crippen LogP contribution in [0.25, 0.3) is 12.2 Å². The van der Waals surface area contributed by atoms with Crippen molar-refractivity contribution < 1.29 is 9.59 Å². The molecule has 1 heterocycles. The number of amides is 1. The quantitative estimate of drug-likeness (QED) is 0.769. The highest BCUT2D eigenvalue weighted by atomic mass is 16.2. The lowest BCUT2D eigenvalue weighted by atomic mass is 10.1. The molecule has 0 saturated heterocycles. The average Bonchev–Trinajstić information content (AvgIpc) is 2.71. The minimum absolute atomic E-state index is 0.168. The first-order chi connectivity index (χ1) is 13.0. The Balaban J connectivity index is 0. The molecule has 0 aliphatic carbocycles. The number of nitrogens with zero attached hydrogens (tertiary/aromatic N) is 2. The number of carbonyl (C=O) groups excluding carboxylic acids is 2. The number of hydrogen-bond donors (Lipinski definition) is 1. The lowest BCUT2D eigenvalue weighted by molar-refractivity contribution is -0.121. The lowest BCUT2D eigenvalue weighted by Gasteiger charge is -2.16. The van der Waals surface area contributed by atoms with Crippen LogP contribution in [0.5, 0.6) is 0 Å². The number of aromatic nitrogens is 2. The molecule has 1 unspecified atom stereocenters. The Labute approximate surface area is 162 Å². The zero-order valence-corrected chi connectivity index (χ0v) is 18.0. The van der Waals surface area contributed by atoms with Gasteiger partial charge in [0.1, 0.15) is 12.1 Å². The Morgan fingerprint density at radius 1 is 1.22 bits per heavy atom. The molecule has 0 spiro atoms. The molecule has 0 saturated carbocycles. The summed E-state index contributed by atoms with van der Waals surface area (Å²) < 4.78 is 1.36. The molecule has 0 aromatic carbocycles. The van der Waals surface area contributed by atoms with E-state index >= 15 is 0 Å². The molecule has 1 aromatic heterocycles. The molecule has 0 aliphatic heterocycles. The first-order valence-electron chi connectivity index (χ1n) is 9.54. The van der Waals surface area contributed by atoms with Crippen LogP contribution >= 0.6 is 0 Å². The van der Waals surface area contributed by atoms with Crippen molar-refractivity contribution in [2.45, 2.75) is 67.3 Å². The summed E-state index contributed by atoms with van der Waals surface area (Å²) in [6.45, 7) is 13.3. The fourth-order valence-electron chi connectivity index (χ4n) is 2.30.